The lowest BCUT2D eigenvalue weighted by Crippen LogP contribution is -2.12. The lowest BCUT2D eigenvalue weighted by atomic mass is 10.1. The Hall–Kier alpha value is -2.16. The summed E-state index contributed by atoms with van der Waals surface area (Å²) in [5, 5.41) is 9.57. The Bertz CT molecular complexity index is 570. The van der Waals surface area contributed by atoms with Gasteiger partial charge in [0, 0.05) is 36.7 Å². The zero-order valence-electron chi connectivity index (χ0n) is 9.64. The number of nitrogens with zero attached hydrogens (tertiary/aromatic N) is 1. The molecule has 3 rings (SSSR count). The minimum atomic E-state index is 0.316. The van der Waals surface area contributed by atoms with Gasteiger partial charge in [-0.25, -0.2) is 0 Å². The molecule has 0 saturated carbocycles. The molecule has 1 aromatic heterocycles. The third-order valence-corrected chi connectivity index (χ3v) is 3.10. The molecule has 0 bridgehead atoms. The number of anilines is 1. The molecule has 1 aliphatic heterocycles. The maximum Gasteiger partial charge on any atom is 0.116 e. The first-order chi connectivity index (χ1) is 8.24. The van der Waals surface area contributed by atoms with Gasteiger partial charge in [0.25, 0.3) is 0 Å². The number of phenolic OH excluding ortho intramolecular Hbond substituents is 1. The van der Waals surface area contributed by atoms with Gasteiger partial charge in [0.2, 0.25) is 0 Å². The first kappa shape index (κ1) is 10.0. The fourth-order valence-electron chi connectivity index (χ4n) is 2.29. The molecule has 1 aromatic carbocycles. The minimum absolute atomic E-state index is 0.316. The normalized spacial score (nSPS) is 16.5. The fraction of sp³-hybridized carbons (Fsp3) is 0.143. The zero-order chi connectivity index (χ0) is 11.8. The molecule has 86 valence electrons. The number of fused-ring (bicyclic) bond motifs is 1. The van der Waals surface area contributed by atoms with Gasteiger partial charge in [-0.3, -0.25) is 0 Å². The first-order valence-electron chi connectivity index (χ1n) is 5.62. The van der Waals surface area contributed by atoms with Crippen molar-refractivity contribution >= 4 is 17.3 Å². The highest BCUT2D eigenvalue weighted by atomic mass is 16.3. The first-order valence-corrected chi connectivity index (χ1v) is 5.62. The summed E-state index contributed by atoms with van der Waals surface area (Å²) in [5.41, 5.74) is 4.59. The number of aromatic amines is 1. The highest BCUT2D eigenvalue weighted by Gasteiger charge is 2.20. The van der Waals surface area contributed by atoms with E-state index in [0.717, 1.165) is 17.8 Å². The van der Waals surface area contributed by atoms with E-state index < -0.39 is 0 Å². The van der Waals surface area contributed by atoms with Crippen molar-refractivity contribution < 1.29 is 5.11 Å². The number of nitrogens with one attached hydrogen (secondary N) is 1. The van der Waals surface area contributed by atoms with Gasteiger partial charge >= 0.3 is 0 Å². The second-order valence-electron chi connectivity index (χ2n) is 4.35. The largest absolute Gasteiger partial charge is 0.508 e. The van der Waals surface area contributed by atoms with E-state index in [9.17, 15) is 5.11 Å². The molecule has 0 unspecified atom stereocenters. The quantitative estimate of drug-likeness (QED) is 0.784. The second-order valence-corrected chi connectivity index (χ2v) is 4.35. The maximum absolute atomic E-state index is 9.57. The standard InChI is InChI=1S/C14H14N2O/c1-16-9-10(7-11-3-2-6-15-11)13-8-12(17)4-5-14(13)16/h2-8,15,17H,9H2,1H3. The molecule has 0 saturated heterocycles. The fourth-order valence-corrected chi connectivity index (χ4v) is 2.29. The van der Waals surface area contributed by atoms with Crippen LogP contribution < -0.4 is 4.90 Å². The second kappa shape index (κ2) is 3.70. The zero-order valence-corrected chi connectivity index (χ0v) is 9.64. The molecule has 0 aliphatic carbocycles. The van der Waals surface area contributed by atoms with E-state index in [1.54, 1.807) is 6.07 Å². The number of benzene rings is 1. The summed E-state index contributed by atoms with van der Waals surface area (Å²) in [6.45, 7) is 0.873. The van der Waals surface area contributed by atoms with Crippen molar-refractivity contribution in [1.29, 1.82) is 0 Å². The van der Waals surface area contributed by atoms with E-state index in [2.05, 4.69) is 23.0 Å². The Labute approximate surface area is 100 Å². The number of likely N-dealkylation sites (N-methyl/N-ethyl adjacent to an activating group) is 1. The molecule has 0 amide bonds. The Kier molecular flexibility index (Phi) is 2.18. The Morgan fingerprint density at radius 3 is 3.00 bits per heavy atom. The summed E-state index contributed by atoms with van der Waals surface area (Å²) in [6.07, 6.45) is 4.04. The van der Waals surface area contributed by atoms with E-state index >= 15 is 0 Å². The van der Waals surface area contributed by atoms with Crippen LogP contribution in [0.5, 0.6) is 5.75 Å². The molecule has 0 fully saturated rings. The van der Waals surface area contributed by atoms with Crippen molar-refractivity contribution in [3.8, 4) is 5.75 Å². The summed E-state index contributed by atoms with van der Waals surface area (Å²) >= 11 is 0. The molecule has 2 N–H and O–H groups in total. The molecular formula is C14H14N2O. The number of rotatable bonds is 1. The van der Waals surface area contributed by atoms with Crippen molar-refractivity contribution in [2.45, 2.75) is 0 Å². The third-order valence-electron chi connectivity index (χ3n) is 3.10. The van der Waals surface area contributed by atoms with Gasteiger partial charge < -0.3 is 15.0 Å². The minimum Gasteiger partial charge on any atom is -0.508 e. The highest BCUT2D eigenvalue weighted by molar-refractivity contribution is 5.93. The van der Waals surface area contributed by atoms with Gasteiger partial charge in [-0.05, 0) is 42.0 Å². The summed E-state index contributed by atoms with van der Waals surface area (Å²) in [7, 11) is 2.06. The molecule has 17 heavy (non-hydrogen) atoms. The van der Waals surface area contributed by atoms with Crippen LogP contribution in [0.1, 0.15) is 11.3 Å². The van der Waals surface area contributed by atoms with Crippen LogP contribution >= 0.6 is 0 Å². The maximum atomic E-state index is 9.57. The van der Waals surface area contributed by atoms with Crippen molar-refractivity contribution in [2.75, 3.05) is 18.5 Å². The smallest absolute Gasteiger partial charge is 0.116 e. The van der Waals surface area contributed by atoms with E-state index in [1.807, 2.05) is 30.5 Å². The van der Waals surface area contributed by atoms with Crippen LogP contribution in [-0.2, 0) is 0 Å². The van der Waals surface area contributed by atoms with Crippen LogP contribution in [0.4, 0.5) is 5.69 Å². The summed E-state index contributed by atoms with van der Waals surface area (Å²) in [6, 6.07) is 9.53. The molecule has 0 spiro atoms. The molecular weight excluding hydrogens is 212 g/mol. The van der Waals surface area contributed by atoms with Crippen LogP contribution in [0.15, 0.2) is 36.5 Å². The Morgan fingerprint density at radius 2 is 2.24 bits per heavy atom. The predicted molar refractivity (Wildman–Crippen MR) is 70.0 cm³/mol. The number of phenols is 1. The molecule has 1 aliphatic rings. The molecule has 3 nitrogen and oxygen atoms in total. The number of H-pyrrole nitrogens is 1. The lowest BCUT2D eigenvalue weighted by Gasteiger charge is -2.10. The number of aromatic nitrogens is 1. The van der Waals surface area contributed by atoms with Crippen molar-refractivity contribution in [1.82, 2.24) is 4.98 Å². The van der Waals surface area contributed by atoms with Gasteiger partial charge in [0.15, 0.2) is 0 Å². The molecule has 3 heteroatoms. The topological polar surface area (TPSA) is 39.3 Å². The van der Waals surface area contributed by atoms with Crippen molar-refractivity contribution in [2.24, 2.45) is 0 Å². The number of aromatic hydroxyl groups is 1. The third kappa shape index (κ3) is 1.69. The number of hydrogen-bond donors (Lipinski definition) is 2. The summed E-state index contributed by atoms with van der Waals surface area (Å²) < 4.78 is 0. The molecule has 0 atom stereocenters. The SMILES string of the molecule is CN1CC(=Cc2ccc[nH]2)c2cc(O)ccc21. The molecule has 2 aromatic rings. The van der Waals surface area contributed by atoms with Gasteiger partial charge in [-0.2, -0.15) is 0 Å². The van der Waals surface area contributed by atoms with E-state index in [0.29, 0.717) is 5.75 Å². The molecule has 2 heterocycles. The van der Waals surface area contributed by atoms with Gasteiger partial charge in [-0.1, -0.05) is 0 Å². The van der Waals surface area contributed by atoms with Crippen LogP contribution in [-0.4, -0.2) is 23.7 Å². The van der Waals surface area contributed by atoms with Crippen LogP contribution in [0.2, 0.25) is 0 Å². The van der Waals surface area contributed by atoms with E-state index in [1.165, 1.54) is 11.3 Å². The average molecular weight is 226 g/mol. The van der Waals surface area contributed by atoms with Gasteiger partial charge in [-0.15, -0.1) is 0 Å². The molecule has 0 radical (unpaired) electrons. The van der Waals surface area contributed by atoms with Crippen LogP contribution in [0.25, 0.3) is 11.6 Å². The Morgan fingerprint density at radius 1 is 1.35 bits per heavy atom. The monoisotopic (exact) mass is 226 g/mol. The average Bonchev–Trinajstić information content (AvgIpc) is 2.89. The van der Waals surface area contributed by atoms with Crippen LogP contribution in [0, 0.1) is 0 Å². The Balaban J connectivity index is 2.09. The van der Waals surface area contributed by atoms with E-state index in [-0.39, 0.29) is 0 Å². The highest BCUT2D eigenvalue weighted by Crippen LogP contribution is 2.37. The van der Waals surface area contributed by atoms with Gasteiger partial charge in [0.1, 0.15) is 5.75 Å². The predicted octanol–water partition coefficient (Wildman–Crippen LogP) is 2.71. The number of hydrogen-bond acceptors (Lipinski definition) is 2. The van der Waals surface area contributed by atoms with Crippen LogP contribution in [0.3, 0.4) is 0 Å². The van der Waals surface area contributed by atoms with E-state index in [4.69, 9.17) is 0 Å². The van der Waals surface area contributed by atoms with Crippen molar-refractivity contribution in [3.63, 3.8) is 0 Å². The van der Waals surface area contributed by atoms with Gasteiger partial charge in [0.05, 0.1) is 0 Å². The lowest BCUT2D eigenvalue weighted by molar-refractivity contribution is 0.475. The summed E-state index contributed by atoms with van der Waals surface area (Å²) in [4.78, 5) is 5.35. The summed E-state index contributed by atoms with van der Waals surface area (Å²) in [5.74, 6) is 0.316. The van der Waals surface area contributed by atoms with Crippen molar-refractivity contribution in [3.05, 3.63) is 47.8 Å².